The lowest BCUT2D eigenvalue weighted by Gasteiger charge is -2.15. The molecule has 2 amide bonds. The van der Waals surface area contributed by atoms with Crippen LogP contribution in [0.25, 0.3) is 0 Å². The molecule has 0 aromatic heterocycles. The number of amides is 2. The number of nitrogens with one attached hydrogen (secondary N) is 2. The number of rotatable bonds is 8. The first kappa shape index (κ1) is 21.9. The Morgan fingerprint density at radius 2 is 1.77 bits per heavy atom. The van der Waals surface area contributed by atoms with Gasteiger partial charge in [0.2, 0.25) is 5.91 Å². The molecule has 3 rings (SSSR count). The SMILES string of the molecule is CCOC(=O)c1cc(C(=O)NC(C)c2ccc(NC(=O)C3CC3)cc2)cc([N+](=O)[O-])c1. The minimum absolute atomic E-state index is 0.0113. The first-order chi connectivity index (χ1) is 14.8. The monoisotopic (exact) mass is 425 g/mol. The maximum absolute atomic E-state index is 12.7. The number of nitrogens with zero attached hydrogens (tertiary/aromatic N) is 1. The fraction of sp³-hybridized carbons (Fsp3) is 0.318. The lowest BCUT2D eigenvalue weighted by atomic mass is 10.1. The van der Waals surface area contributed by atoms with E-state index in [0.717, 1.165) is 30.5 Å². The Hall–Kier alpha value is -3.75. The van der Waals surface area contributed by atoms with Crippen LogP contribution in [0.1, 0.15) is 59.0 Å². The van der Waals surface area contributed by atoms with Gasteiger partial charge in [0.05, 0.1) is 23.1 Å². The van der Waals surface area contributed by atoms with Crippen LogP contribution in [0, 0.1) is 16.0 Å². The van der Waals surface area contributed by atoms with Crippen LogP contribution in [0.15, 0.2) is 42.5 Å². The van der Waals surface area contributed by atoms with Crippen LogP contribution in [0.4, 0.5) is 11.4 Å². The Morgan fingerprint density at radius 1 is 1.13 bits per heavy atom. The van der Waals surface area contributed by atoms with Crippen molar-refractivity contribution in [2.75, 3.05) is 11.9 Å². The smallest absolute Gasteiger partial charge is 0.338 e. The van der Waals surface area contributed by atoms with Crippen molar-refractivity contribution in [3.8, 4) is 0 Å². The van der Waals surface area contributed by atoms with Crippen LogP contribution in [0.2, 0.25) is 0 Å². The Bertz CT molecular complexity index is 1010. The van der Waals surface area contributed by atoms with Crippen LogP contribution in [-0.2, 0) is 9.53 Å². The molecule has 1 aliphatic rings. The number of anilines is 1. The molecule has 1 saturated carbocycles. The molecule has 1 fully saturated rings. The van der Waals surface area contributed by atoms with Gasteiger partial charge in [0, 0.05) is 29.3 Å². The average Bonchev–Trinajstić information content (AvgIpc) is 3.59. The molecule has 162 valence electrons. The second-order valence-corrected chi connectivity index (χ2v) is 7.33. The van der Waals surface area contributed by atoms with Crippen molar-refractivity contribution in [3.63, 3.8) is 0 Å². The van der Waals surface area contributed by atoms with Gasteiger partial charge >= 0.3 is 5.97 Å². The van der Waals surface area contributed by atoms with Crippen molar-refractivity contribution in [1.82, 2.24) is 5.32 Å². The number of hydrogen-bond acceptors (Lipinski definition) is 6. The van der Waals surface area contributed by atoms with Gasteiger partial charge in [0.15, 0.2) is 0 Å². The molecule has 1 aliphatic carbocycles. The second-order valence-electron chi connectivity index (χ2n) is 7.33. The maximum atomic E-state index is 12.7. The molecule has 0 saturated heterocycles. The van der Waals surface area contributed by atoms with E-state index in [1.54, 1.807) is 38.1 Å². The van der Waals surface area contributed by atoms with Crippen molar-refractivity contribution < 1.29 is 24.0 Å². The minimum atomic E-state index is -0.739. The zero-order chi connectivity index (χ0) is 22.5. The highest BCUT2D eigenvalue weighted by Crippen LogP contribution is 2.30. The molecule has 0 bridgehead atoms. The molecule has 0 spiro atoms. The summed E-state index contributed by atoms with van der Waals surface area (Å²) in [5, 5.41) is 16.8. The van der Waals surface area contributed by atoms with Crippen LogP contribution >= 0.6 is 0 Å². The number of nitro groups is 1. The molecular formula is C22H23N3O6. The van der Waals surface area contributed by atoms with Crippen molar-refractivity contribution in [2.45, 2.75) is 32.7 Å². The highest BCUT2D eigenvalue weighted by molar-refractivity contribution is 5.99. The Labute approximate surface area is 178 Å². The van der Waals surface area contributed by atoms with E-state index in [4.69, 9.17) is 4.74 Å². The fourth-order valence-electron chi connectivity index (χ4n) is 2.99. The summed E-state index contributed by atoms with van der Waals surface area (Å²) < 4.78 is 4.88. The van der Waals surface area contributed by atoms with Gasteiger partial charge in [0.25, 0.3) is 11.6 Å². The maximum Gasteiger partial charge on any atom is 0.338 e. The summed E-state index contributed by atoms with van der Waals surface area (Å²) in [4.78, 5) is 47.0. The number of esters is 1. The molecule has 2 aromatic carbocycles. The third kappa shape index (κ3) is 5.65. The van der Waals surface area contributed by atoms with Gasteiger partial charge in [-0.1, -0.05) is 12.1 Å². The predicted octanol–water partition coefficient (Wildman–Crippen LogP) is 3.61. The zero-order valence-electron chi connectivity index (χ0n) is 17.2. The predicted molar refractivity (Wildman–Crippen MR) is 113 cm³/mol. The van der Waals surface area contributed by atoms with Crippen molar-refractivity contribution in [2.24, 2.45) is 5.92 Å². The molecule has 2 N–H and O–H groups in total. The first-order valence-corrected chi connectivity index (χ1v) is 9.96. The lowest BCUT2D eigenvalue weighted by Crippen LogP contribution is -2.27. The summed E-state index contributed by atoms with van der Waals surface area (Å²) >= 11 is 0. The quantitative estimate of drug-likeness (QED) is 0.378. The van der Waals surface area contributed by atoms with E-state index >= 15 is 0 Å². The standard InChI is InChI=1S/C22H23N3O6/c1-3-31-22(28)17-10-16(11-19(12-17)25(29)30)21(27)23-13(2)14-6-8-18(9-7-14)24-20(26)15-4-5-15/h6-13,15H,3-5H2,1-2H3,(H,23,27)(H,24,26). The molecule has 31 heavy (non-hydrogen) atoms. The Balaban J connectivity index is 1.71. The number of carbonyl (C=O) groups is 3. The van der Waals surface area contributed by atoms with Gasteiger partial charge in [0.1, 0.15) is 0 Å². The highest BCUT2D eigenvalue weighted by Gasteiger charge is 2.29. The van der Waals surface area contributed by atoms with Crippen molar-refractivity contribution in [3.05, 3.63) is 69.3 Å². The largest absolute Gasteiger partial charge is 0.462 e. The molecule has 1 atom stereocenters. The van der Waals surface area contributed by atoms with E-state index in [9.17, 15) is 24.5 Å². The summed E-state index contributed by atoms with van der Waals surface area (Å²) in [6, 6.07) is 10.1. The average molecular weight is 425 g/mol. The number of benzene rings is 2. The van der Waals surface area contributed by atoms with E-state index in [2.05, 4.69) is 10.6 Å². The van der Waals surface area contributed by atoms with E-state index in [1.807, 2.05) is 0 Å². The molecule has 0 aliphatic heterocycles. The zero-order valence-corrected chi connectivity index (χ0v) is 17.2. The number of nitro benzene ring substituents is 1. The van der Waals surface area contributed by atoms with E-state index < -0.39 is 22.8 Å². The molecule has 0 heterocycles. The number of non-ortho nitro benzene ring substituents is 1. The number of carbonyl (C=O) groups excluding carboxylic acids is 3. The molecule has 0 radical (unpaired) electrons. The van der Waals surface area contributed by atoms with Crippen molar-refractivity contribution >= 4 is 29.2 Å². The summed E-state index contributed by atoms with van der Waals surface area (Å²) in [7, 11) is 0. The second kappa shape index (κ2) is 9.38. The van der Waals surface area contributed by atoms with Crippen LogP contribution < -0.4 is 10.6 Å². The Kier molecular flexibility index (Phi) is 6.64. The normalized spacial score (nSPS) is 13.7. The fourth-order valence-corrected chi connectivity index (χ4v) is 2.99. The first-order valence-electron chi connectivity index (χ1n) is 9.96. The van der Waals surface area contributed by atoms with Crippen LogP contribution in [0.5, 0.6) is 0 Å². The Morgan fingerprint density at radius 3 is 2.35 bits per heavy atom. The highest BCUT2D eigenvalue weighted by atomic mass is 16.6. The molecule has 1 unspecified atom stereocenters. The summed E-state index contributed by atoms with van der Waals surface area (Å²) in [6.07, 6.45) is 1.84. The number of hydrogen-bond donors (Lipinski definition) is 2. The van der Waals surface area contributed by atoms with Gasteiger partial charge in [-0.15, -0.1) is 0 Å². The van der Waals surface area contributed by atoms with Crippen LogP contribution in [0.3, 0.4) is 0 Å². The number of ether oxygens (including phenoxy) is 1. The van der Waals surface area contributed by atoms with Gasteiger partial charge in [-0.2, -0.15) is 0 Å². The summed E-state index contributed by atoms with van der Waals surface area (Å²) in [5.41, 5.74) is 1.01. The van der Waals surface area contributed by atoms with Crippen molar-refractivity contribution in [1.29, 1.82) is 0 Å². The summed E-state index contributed by atoms with van der Waals surface area (Å²) in [6.45, 7) is 3.49. The van der Waals surface area contributed by atoms with Crippen LogP contribution in [-0.4, -0.2) is 29.3 Å². The lowest BCUT2D eigenvalue weighted by molar-refractivity contribution is -0.384. The topological polar surface area (TPSA) is 128 Å². The minimum Gasteiger partial charge on any atom is -0.462 e. The van der Waals surface area contributed by atoms with E-state index in [0.29, 0.717) is 5.69 Å². The third-order valence-corrected chi connectivity index (χ3v) is 4.88. The molecule has 9 heteroatoms. The molecule has 9 nitrogen and oxygen atoms in total. The van der Waals surface area contributed by atoms with E-state index in [1.165, 1.54) is 6.07 Å². The van der Waals surface area contributed by atoms with E-state index in [-0.39, 0.29) is 35.2 Å². The summed E-state index contributed by atoms with van der Waals surface area (Å²) in [5.74, 6) is -1.19. The van der Waals surface area contributed by atoms with Gasteiger partial charge in [-0.25, -0.2) is 4.79 Å². The third-order valence-electron chi connectivity index (χ3n) is 4.88. The molecule has 2 aromatic rings. The van der Waals surface area contributed by atoms with Gasteiger partial charge in [-0.3, -0.25) is 19.7 Å². The van der Waals surface area contributed by atoms with Gasteiger partial charge < -0.3 is 15.4 Å². The van der Waals surface area contributed by atoms with Gasteiger partial charge in [-0.05, 0) is 50.5 Å². The molecular weight excluding hydrogens is 402 g/mol.